The van der Waals surface area contributed by atoms with Crippen LogP contribution in [0.1, 0.15) is 55.2 Å². The van der Waals surface area contributed by atoms with E-state index in [4.69, 9.17) is 11.6 Å². The Hall–Kier alpha value is -1.89. The van der Waals surface area contributed by atoms with E-state index in [9.17, 15) is 18.0 Å². The first-order valence-corrected chi connectivity index (χ1v) is 9.49. The molecule has 2 heterocycles. The molecule has 0 atom stereocenters. The van der Waals surface area contributed by atoms with Crippen molar-refractivity contribution >= 4 is 17.4 Å². The number of carbonyl (C=O) groups is 1. The second-order valence-corrected chi connectivity index (χ2v) is 7.95. The second kappa shape index (κ2) is 6.93. The van der Waals surface area contributed by atoms with Gasteiger partial charge in [0.05, 0.1) is 12.1 Å². The van der Waals surface area contributed by atoms with Gasteiger partial charge < -0.3 is 0 Å². The molecule has 1 saturated carbocycles. The Kier molecular flexibility index (Phi) is 4.74. The maximum atomic E-state index is 12.6. The van der Waals surface area contributed by atoms with E-state index in [0.29, 0.717) is 36.5 Å². The molecule has 0 spiro atoms. The Morgan fingerprint density at radius 3 is 2.56 bits per heavy atom. The van der Waals surface area contributed by atoms with Crippen LogP contribution in [0, 0.1) is 5.92 Å². The molecule has 2 aliphatic rings. The minimum atomic E-state index is -4.11. The summed E-state index contributed by atoms with van der Waals surface area (Å²) in [4.78, 5) is 12.3. The molecule has 4 nitrogen and oxygen atoms in total. The van der Waals surface area contributed by atoms with Gasteiger partial charge in [0.2, 0.25) is 0 Å². The van der Waals surface area contributed by atoms with Crippen molar-refractivity contribution in [2.24, 2.45) is 5.92 Å². The number of alkyl halides is 3. The Morgan fingerprint density at radius 1 is 1.11 bits per heavy atom. The maximum absolute atomic E-state index is 12.6. The molecule has 1 aliphatic heterocycles. The zero-order chi connectivity index (χ0) is 19.2. The molecule has 0 unspecified atom stereocenters. The lowest BCUT2D eigenvalue weighted by atomic mass is 9.80. The standard InChI is InChI=1S/C19H19ClF3N3O/c20-14-5-6-16-13(7-14)8-15(27)9-17-24-25-18(26(16)17)12-3-1-11(2-4-12)10-19(21,22)23/h5-7,11-12H,1-4,8-10H2. The van der Waals surface area contributed by atoms with Crippen molar-refractivity contribution in [1.29, 1.82) is 0 Å². The van der Waals surface area contributed by atoms with Crippen LogP contribution in [0.5, 0.6) is 0 Å². The monoisotopic (exact) mass is 397 g/mol. The van der Waals surface area contributed by atoms with Gasteiger partial charge in [-0.05, 0) is 55.4 Å². The van der Waals surface area contributed by atoms with Crippen LogP contribution in [0.25, 0.3) is 5.69 Å². The van der Waals surface area contributed by atoms with Crippen molar-refractivity contribution in [3.63, 3.8) is 0 Å². The minimum absolute atomic E-state index is 0.0464. The summed E-state index contributed by atoms with van der Waals surface area (Å²) >= 11 is 6.09. The van der Waals surface area contributed by atoms with E-state index in [1.54, 1.807) is 12.1 Å². The van der Waals surface area contributed by atoms with Gasteiger partial charge in [0.1, 0.15) is 17.4 Å². The van der Waals surface area contributed by atoms with Gasteiger partial charge in [-0.3, -0.25) is 9.36 Å². The predicted octanol–water partition coefficient (Wildman–Crippen LogP) is 4.81. The summed E-state index contributed by atoms with van der Waals surface area (Å²) in [5.41, 5.74) is 1.68. The quantitative estimate of drug-likeness (QED) is 0.730. The number of halogens is 4. The van der Waals surface area contributed by atoms with Gasteiger partial charge in [-0.15, -0.1) is 10.2 Å². The highest BCUT2D eigenvalue weighted by atomic mass is 35.5. The predicted molar refractivity (Wildman–Crippen MR) is 94.2 cm³/mol. The third kappa shape index (κ3) is 3.88. The van der Waals surface area contributed by atoms with Crippen molar-refractivity contribution in [1.82, 2.24) is 14.8 Å². The van der Waals surface area contributed by atoms with Crippen molar-refractivity contribution in [3.8, 4) is 5.69 Å². The van der Waals surface area contributed by atoms with Crippen LogP contribution in [-0.4, -0.2) is 26.7 Å². The lowest BCUT2D eigenvalue weighted by molar-refractivity contribution is -0.146. The number of carbonyl (C=O) groups excluding carboxylic acids is 1. The summed E-state index contributed by atoms with van der Waals surface area (Å²) in [5.74, 6) is 1.11. The Morgan fingerprint density at radius 2 is 1.85 bits per heavy atom. The third-order valence-corrected chi connectivity index (χ3v) is 5.75. The minimum Gasteiger partial charge on any atom is -0.299 e. The lowest BCUT2D eigenvalue weighted by Gasteiger charge is -2.29. The number of Topliss-reactive ketones (excluding diaryl/α,β-unsaturated/α-hetero) is 1. The largest absolute Gasteiger partial charge is 0.389 e. The zero-order valence-electron chi connectivity index (χ0n) is 14.6. The van der Waals surface area contributed by atoms with E-state index in [2.05, 4.69) is 10.2 Å². The number of hydrogen-bond acceptors (Lipinski definition) is 3. The molecule has 27 heavy (non-hydrogen) atoms. The summed E-state index contributed by atoms with van der Waals surface area (Å²) in [6, 6.07) is 5.42. The molecule has 1 aromatic carbocycles. The fraction of sp³-hybridized carbons (Fsp3) is 0.526. The van der Waals surface area contributed by atoms with Gasteiger partial charge in [0, 0.05) is 23.8 Å². The van der Waals surface area contributed by atoms with E-state index in [1.165, 1.54) is 0 Å². The van der Waals surface area contributed by atoms with E-state index in [1.807, 2.05) is 10.6 Å². The highest BCUT2D eigenvalue weighted by Crippen LogP contribution is 2.41. The first-order chi connectivity index (χ1) is 12.8. The van der Waals surface area contributed by atoms with Crippen LogP contribution in [0.15, 0.2) is 18.2 Å². The molecule has 2 aromatic rings. The van der Waals surface area contributed by atoms with Crippen LogP contribution >= 0.6 is 11.6 Å². The van der Waals surface area contributed by atoms with Gasteiger partial charge >= 0.3 is 6.18 Å². The molecular formula is C19H19ClF3N3O. The fourth-order valence-corrected chi connectivity index (χ4v) is 4.48. The first kappa shape index (κ1) is 18.5. The van der Waals surface area contributed by atoms with Crippen LogP contribution in [0.4, 0.5) is 13.2 Å². The highest BCUT2D eigenvalue weighted by Gasteiger charge is 2.36. The number of fused-ring (bicyclic) bond motifs is 3. The molecule has 0 radical (unpaired) electrons. The van der Waals surface area contributed by atoms with E-state index in [-0.39, 0.29) is 30.5 Å². The molecule has 0 N–H and O–H groups in total. The molecule has 1 aliphatic carbocycles. The Bertz CT molecular complexity index is 870. The van der Waals surface area contributed by atoms with Gasteiger partial charge in [-0.2, -0.15) is 13.2 Å². The second-order valence-electron chi connectivity index (χ2n) is 7.51. The van der Waals surface area contributed by atoms with Crippen molar-refractivity contribution in [3.05, 3.63) is 40.4 Å². The number of rotatable bonds is 2. The van der Waals surface area contributed by atoms with Crippen LogP contribution in [0.2, 0.25) is 5.02 Å². The molecule has 4 rings (SSSR count). The topological polar surface area (TPSA) is 47.8 Å². The molecule has 1 fully saturated rings. The van der Waals surface area contributed by atoms with Gasteiger partial charge in [-0.25, -0.2) is 0 Å². The normalized spacial score (nSPS) is 22.9. The summed E-state index contributed by atoms with van der Waals surface area (Å²) < 4.78 is 39.9. The molecule has 0 saturated heterocycles. The molecule has 1 aromatic heterocycles. The number of aromatic nitrogens is 3. The number of nitrogens with zero attached hydrogens (tertiary/aromatic N) is 3. The SMILES string of the molecule is O=C1Cc2cc(Cl)ccc2-n2c(nnc2C2CCC(CC(F)(F)F)CC2)C1. The van der Waals surface area contributed by atoms with Crippen LogP contribution < -0.4 is 0 Å². The summed E-state index contributed by atoms with van der Waals surface area (Å²) in [7, 11) is 0. The van der Waals surface area contributed by atoms with Crippen LogP contribution in [-0.2, 0) is 17.6 Å². The average Bonchev–Trinajstić information content (AvgIpc) is 2.91. The Balaban J connectivity index is 1.63. The lowest BCUT2D eigenvalue weighted by Crippen LogP contribution is -2.21. The first-order valence-electron chi connectivity index (χ1n) is 9.11. The fourth-order valence-electron chi connectivity index (χ4n) is 4.29. The molecular weight excluding hydrogens is 379 g/mol. The third-order valence-electron chi connectivity index (χ3n) is 5.51. The molecule has 0 bridgehead atoms. The number of ketones is 1. The summed E-state index contributed by atoms with van der Waals surface area (Å²) in [6.07, 6.45) is -1.99. The average molecular weight is 398 g/mol. The molecule has 8 heteroatoms. The van der Waals surface area contributed by atoms with Gasteiger partial charge in [0.25, 0.3) is 0 Å². The van der Waals surface area contributed by atoms with E-state index >= 15 is 0 Å². The summed E-state index contributed by atoms with van der Waals surface area (Å²) in [5, 5.41) is 9.11. The van der Waals surface area contributed by atoms with E-state index in [0.717, 1.165) is 17.1 Å². The highest BCUT2D eigenvalue weighted by molar-refractivity contribution is 6.30. The maximum Gasteiger partial charge on any atom is 0.389 e. The van der Waals surface area contributed by atoms with Gasteiger partial charge in [0.15, 0.2) is 0 Å². The van der Waals surface area contributed by atoms with Crippen LogP contribution in [0.3, 0.4) is 0 Å². The number of benzene rings is 1. The van der Waals surface area contributed by atoms with E-state index < -0.39 is 12.6 Å². The molecule has 144 valence electrons. The van der Waals surface area contributed by atoms with Crippen molar-refractivity contribution < 1.29 is 18.0 Å². The zero-order valence-corrected chi connectivity index (χ0v) is 15.4. The van der Waals surface area contributed by atoms with Crippen molar-refractivity contribution in [2.75, 3.05) is 0 Å². The smallest absolute Gasteiger partial charge is 0.299 e. The van der Waals surface area contributed by atoms with Gasteiger partial charge in [-0.1, -0.05) is 11.6 Å². The number of hydrogen-bond donors (Lipinski definition) is 0. The van der Waals surface area contributed by atoms with Crippen molar-refractivity contribution in [2.45, 2.75) is 57.0 Å². The molecule has 0 amide bonds. The summed E-state index contributed by atoms with van der Waals surface area (Å²) in [6.45, 7) is 0. The Labute approximate surface area is 159 Å².